The Bertz CT molecular complexity index is 534. The Balaban J connectivity index is 1.99. The third-order valence-electron chi connectivity index (χ3n) is 3.46. The molecule has 1 aromatic carbocycles. The molecule has 2 rings (SSSR count). The lowest BCUT2D eigenvalue weighted by Crippen LogP contribution is -2.40. The summed E-state index contributed by atoms with van der Waals surface area (Å²) in [5.41, 5.74) is 0.971. The number of hydrogen-bond acceptors (Lipinski definition) is 3. The molecule has 2 N–H and O–H groups in total. The normalized spacial score (nSPS) is 20.2. The Kier molecular flexibility index (Phi) is 7.43. The van der Waals surface area contributed by atoms with Gasteiger partial charge in [-0.15, -0.1) is 0 Å². The number of halogens is 2. The highest BCUT2D eigenvalue weighted by molar-refractivity contribution is 6.35. The molecule has 0 amide bonds. The Morgan fingerprint density at radius 2 is 2.22 bits per heavy atom. The van der Waals surface area contributed by atoms with Crippen LogP contribution in [0.25, 0.3) is 0 Å². The van der Waals surface area contributed by atoms with Gasteiger partial charge in [0.1, 0.15) is 6.10 Å². The molecule has 5 nitrogen and oxygen atoms in total. The molecule has 1 saturated heterocycles. The van der Waals surface area contributed by atoms with Gasteiger partial charge in [-0.2, -0.15) is 0 Å². The first-order valence-corrected chi connectivity index (χ1v) is 8.55. The first-order valence-electron chi connectivity index (χ1n) is 7.79. The van der Waals surface area contributed by atoms with Crippen molar-refractivity contribution in [1.82, 2.24) is 10.6 Å². The van der Waals surface area contributed by atoms with Crippen molar-refractivity contribution >= 4 is 29.2 Å². The fraction of sp³-hybridized carbons (Fsp3) is 0.562. The molecule has 1 aromatic rings. The topological polar surface area (TPSA) is 54.9 Å². The highest BCUT2D eigenvalue weighted by Crippen LogP contribution is 2.25. The summed E-state index contributed by atoms with van der Waals surface area (Å²) >= 11 is 12.2. The van der Waals surface area contributed by atoms with Gasteiger partial charge in [-0.05, 0) is 31.5 Å². The van der Waals surface area contributed by atoms with Gasteiger partial charge in [0.15, 0.2) is 5.96 Å². The number of rotatable bonds is 5. The average Bonchev–Trinajstić information content (AvgIpc) is 2.53. The highest BCUT2D eigenvalue weighted by Gasteiger charge is 2.15. The largest absolute Gasteiger partial charge is 0.376 e. The van der Waals surface area contributed by atoms with Gasteiger partial charge in [-0.1, -0.05) is 29.3 Å². The minimum absolute atomic E-state index is 0.00101. The molecule has 0 radical (unpaired) electrons. The molecule has 0 aromatic heterocycles. The number of nitrogens with one attached hydrogen (secondary N) is 2. The molecular formula is C16H23Cl2N3O2. The zero-order valence-electron chi connectivity index (χ0n) is 13.4. The van der Waals surface area contributed by atoms with Crippen LogP contribution in [0.5, 0.6) is 0 Å². The minimum atomic E-state index is 0.00101. The monoisotopic (exact) mass is 359 g/mol. The van der Waals surface area contributed by atoms with E-state index in [1.165, 1.54) is 0 Å². The van der Waals surface area contributed by atoms with Crippen LogP contribution in [-0.4, -0.2) is 45.0 Å². The molecular weight excluding hydrogens is 337 g/mol. The molecule has 0 aliphatic carbocycles. The van der Waals surface area contributed by atoms with Crippen molar-refractivity contribution in [3.8, 4) is 0 Å². The van der Waals surface area contributed by atoms with E-state index < -0.39 is 0 Å². The van der Waals surface area contributed by atoms with Crippen molar-refractivity contribution in [2.24, 2.45) is 4.99 Å². The zero-order chi connectivity index (χ0) is 16.7. The van der Waals surface area contributed by atoms with Gasteiger partial charge in [0.05, 0.1) is 32.4 Å². The highest BCUT2D eigenvalue weighted by atomic mass is 35.5. The van der Waals surface area contributed by atoms with E-state index >= 15 is 0 Å². The Labute approximate surface area is 147 Å². The van der Waals surface area contributed by atoms with Crippen molar-refractivity contribution in [1.29, 1.82) is 0 Å². The van der Waals surface area contributed by atoms with Crippen molar-refractivity contribution in [2.45, 2.75) is 26.0 Å². The predicted octanol–water partition coefficient (Wildman–Crippen LogP) is 3.02. The molecule has 1 heterocycles. The van der Waals surface area contributed by atoms with E-state index in [1.807, 2.05) is 26.0 Å². The van der Waals surface area contributed by atoms with E-state index in [2.05, 4.69) is 15.6 Å². The van der Waals surface area contributed by atoms with Gasteiger partial charge in [0.2, 0.25) is 0 Å². The average molecular weight is 360 g/mol. The van der Waals surface area contributed by atoms with E-state index in [0.717, 1.165) is 18.1 Å². The molecule has 0 saturated carbocycles. The van der Waals surface area contributed by atoms with Crippen LogP contribution < -0.4 is 10.6 Å². The molecule has 7 heteroatoms. The summed E-state index contributed by atoms with van der Waals surface area (Å²) in [7, 11) is 0. The van der Waals surface area contributed by atoms with Crippen LogP contribution in [0.4, 0.5) is 0 Å². The van der Waals surface area contributed by atoms with E-state index in [9.17, 15) is 0 Å². The predicted molar refractivity (Wildman–Crippen MR) is 94.6 cm³/mol. The quantitative estimate of drug-likeness (QED) is 0.626. The Morgan fingerprint density at radius 3 is 2.87 bits per heavy atom. The molecule has 2 unspecified atom stereocenters. The Morgan fingerprint density at radius 1 is 1.39 bits per heavy atom. The smallest absolute Gasteiger partial charge is 0.191 e. The second-order valence-electron chi connectivity index (χ2n) is 5.32. The fourth-order valence-corrected chi connectivity index (χ4v) is 2.86. The Hall–Kier alpha value is -1.01. The third-order valence-corrected chi connectivity index (χ3v) is 4.03. The first-order chi connectivity index (χ1) is 11.1. The first kappa shape index (κ1) is 18.3. The van der Waals surface area contributed by atoms with Crippen LogP contribution in [0.15, 0.2) is 23.2 Å². The van der Waals surface area contributed by atoms with Gasteiger partial charge in [-0.25, -0.2) is 0 Å². The number of benzene rings is 1. The SMILES string of the molecule is CCNC(=NCC1COCCO1)NC(C)c1ccc(Cl)cc1Cl. The minimum Gasteiger partial charge on any atom is -0.376 e. The van der Waals surface area contributed by atoms with Gasteiger partial charge in [-0.3, -0.25) is 4.99 Å². The van der Waals surface area contributed by atoms with E-state index in [4.69, 9.17) is 32.7 Å². The van der Waals surface area contributed by atoms with Crippen molar-refractivity contribution in [3.05, 3.63) is 33.8 Å². The lowest BCUT2D eigenvalue weighted by molar-refractivity contribution is -0.0832. The summed E-state index contributed by atoms with van der Waals surface area (Å²) in [5.74, 6) is 0.722. The lowest BCUT2D eigenvalue weighted by Gasteiger charge is -2.23. The van der Waals surface area contributed by atoms with Crippen LogP contribution >= 0.6 is 23.2 Å². The zero-order valence-corrected chi connectivity index (χ0v) is 15.0. The van der Waals surface area contributed by atoms with E-state index in [1.54, 1.807) is 6.07 Å². The molecule has 1 aliphatic heterocycles. The maximum atomic E-state index is 6.26. The van der Waals surface area contributed by atoms with Crippen molar-refractivity contribution < 1.29 is 9.47 Å². The summed E-state index contributed by atoms with van der Waals surface area (Å²) < 4.78 is 11.0. The van der Waals surface area contributed by atoms with E-state index in [0.29, 0.717) is 36.4 Å². The third kappa shape index (κ3) is 5.84. The second-order valence-corrected chi connectivity index (χ2v) is 6.16. The summed E-state index contributed by atoms with van der Waals surface area (Å²) in [6.45, 7) is 7.25. The molecule has 23 heavy (non-hydrogen) atoms. The number of guanidine groups is 1. The number of aliphatic imine (C=N–C) groups is 1. The van der Waals surface area contributed by atoms with Gasteiger partial charge < -0.3 is 20.1 Å². The number of nitrogens with zero attached hydrogens (tertiary/aromatic N) is 1. The van der Waals surface area contributed by atoms with Crippen LogP contribution in [0.2, 0.25) is 10.0 Å². The van der Waals surface area contributed by atoms with Crippen molar-refractivity contribution in [3.63, 3.8) is 0 Å². The molecule has 1 aliphatic rings. The van der Waals surface area contributed by atoms with Crippen LogP contribution in [0, 0.1) is 0 Å². The second kappa shape index (κ2) is 9.33. The summed E-state index contributed by atoms with van der Waals surface area (Å²) in [6.07, 6.45) is 0.00799. The van der Waals surface area contributed by atoms with Gasteiger partial charge >= 0.3 is 0 Å². The van der Waals surface area contributed by atoms with Gasteiger partial charge in [0, 0.05) is 16.6 Å². The molecule has 128 valence electrons. The van der Waals surface area contributed by atoms with Gasteiger partial charge in [0.25, 0.3) is 0 Å². The van der Waals surface area contributed by atoms with Crippen LogP contribution in [-0.2, 0) is 9.47 Å². The molecule has 0 bridgehead atoms. The van der Waals surface area contributed by atoms with E-state index in [-0.39, 0.29) is 12.1 Å². The van der Waals surface area contributed by atoms with Crippen LogP contribution in [0.1, 0.15) is 25.5 Å². The van der Waals surface area contributed by atoms with Crippen molar-refractivity contribution in [2.75, 3.05) is 32.9 Å². The molecule has 1 fully saturated rings. The maximum absolute atomic E-state index is 6.26. The summed E-state index contributed by atoms with van der Waals surface area (Å²) in [5, 5.41) is 7.84. The molecule has 2 atom stereocenters. The number of ether oxygens (including phenoxy) is 2. The summed E-state index contributed by atoms with van der Waals surface area (Å²) in [6, 6.07) is 5.50. The molecule has 0 spiro atoms. The summed E-state index contributed by atoms with van der Waals surface area (Å²) in [4.78, 5) is 4.57. The lowest BCUT2D eigenvalue weighted by atomic mass is 10.1. The maximum Gasteiger partial charge on any atom is 0.191 e. The van der Waals surface area contributed by atoms with Crippen LogP contribution in [0.3, 0.4) is 0 Å². The standard InChI is InChI=1S/C16H23Cl2N3O2/c1-3-19-16(20-9-13-10-22-6-7-23-13)21-11(2)14-5-4-12(17)8-15(14)18/h4-5,8,11,13H,3,6-7,9-10H2,1-2H3,(H2,19,20,21). The fourth-order valence-electron chi connectivity index (χ4n) is 2.29. The number of hydrogen-bond donors (Lipinski definition) is 2.